The molecule has 0 aliphatic carbocycles. The van der Waals surface area contributed by atoms with Crippen molar-refractivity contribution in [2.75, 3.05) is 0 Å². The van der Waals surface area contributed by atoms with Gasteiger partial charge in [0.2, 0.25) is 0 Å². The van der Waals surface area contributed by atoms with Crippen molar-refractivity contribution in [2.45, 2.75) is 12.5 Å². The summed E-state index contributed by atoms with van der Waals surface area (Å²) in [6.07, 6.45) is -0.150. The summed E-state index contributed by atoms with van der Waals surface area (Å²) < 4.78 is 0. The number of aliphatic carboxylic acids is 1. The van der Waals surface area contributed by atoms with E-state index < -0.39 is 12.0 Å². The maximum absolute atomic E-state index is 12.1. The van der Waals surface area contributed by atoms with Gasteiger partial charge in [-0.3, -0.25) is 9.59 Å². The lowest BCUT2D eigenvalue weighted by Gasteiger charge is -2.17. The van der Waals surface area contributed by atoms with E-state index in [2.05, 4.69) is 5.32 Å². The molecule has 0 fully saturated rings. The fourth-order valence-corrected chi connectivity index (χ4v) is 1.94. The summed E-state index contributed by atoms with van der Waals surface area (Å²) in [7, 11) is 0. The van der Waals surface area contributed by atoms with Crippen LogP contribution in [-0.4, -0.2) is 17.0 Å². The van der Waals surface area contributed by atoms with Crippen molar-refractivity contribution in [2.24, 2.45) is 0 Å². The normalized spacial score (nSPS) is 11.6. The minimum Gasteiger partial charge on any atom is -0.481 e. The maximum atomic E-state index is 12.1. The van der Waals surface area contributed by atoms with Crippen molar-refractivity contribution in [3.63, 3.8) is 0 Å². The fourth-order valence-electron chi connectivity index (χ4n) is 1.94. The SMILES string of the molecule is O=C(O)CC(NC(=O)c1ccccc1)c1ccccc1. The average Bonchev–Trinajstić information content (AvgIpc) is 2.48. The van der Waals surface area contributed by atoms with Gasteiger partial charge in [-0.05, 0) is 17.7 Å². The van der Waals surface area contributed by atoms with Crippen molar-refractivity contribution in [3.05, 3.63) is 71.8 Å². The van der Waals surface area contributed by atoms with Crippen LogP contribution in [0.4, 0.5) is 0 Å². The highest BCUT2D eigenvalue weighted by Gasteiger charge is 2.18. The van der Waals surface area contributed by atoms with Gasteiger partial charge in [0.15, 0.2) is 0 Å². The highest BCUT2D eigenvalue weighted by atomic mass is 16.4. The summed E-state index contributed by atoms with van der Waals surface area (Å²) >= 11 is 0. The average molecular weight is 269 g/mol. The van der Waals surface area contributed by atoms with E-state index in [0.29, 0.717) is 5.56 Å². The lowest BCUT2D eigenvalue weighted by atomic mass is 10.0. The van der Waals surface area contributed by atoms with Crippen molar-refractivity contribution in [1.82, 2.24) is 5.32 Å². The molecule has 20 heavy (non-hydrogen) atoms. The molecule has 2 aromatic rings. The molecule has 1 unspecified atom stereocenters. The predicted molar refractivity (Wildman–Crippen MR) is 75.3 cm³/mol. The van der Waals surface area contributed by atoms with Crippen LogP contribution in [-0.2, 0) is 4.79 Å². The van der Waals surface area contributed by atoms with Crippen LogP contribution in [0.1, 0.15) is 28.4 Å². The van der Waals surface area contributed by atoms with Crippen molar-refractivity contribution in [3.8, 4) is 0 Å². The van der Waals surface area contributed by atoms with Gasteiger partial charge in [-0.25, -0.2) is 0 Å². The van der Waals surface area contributed by atoms with Crippen molar-refractivity contribution < 1.29 is 14.7 Å². The molecule has 4 heteroatoms. The van der Waals surface area contributed by atoms with Crippen LogP contribution in [0.25, 0.3) is 0 Å². The Morgan fingerprint density at radius 3 is 2.05 bits per heavy atom. The van der Waals surface area contributed by atoms with Gasteiger partial charge in [-0.1, -0.05) is 48.5 Å². The monoisotopic (exact) mass is 269 g/mol. The zero-order valence-corrected chi connectivity index (χ0v) is 10.8. The Labute approximate surface area is 117 Å². The van der Waals surface area contributed by atoms with Gasteiger partial charge in [-0.15, -0.1) is 0 Å². The lowest BCUT2D eigenvalue weighted by Crippen LogP contribution is -2.30. The first-order valence-corrected chi connectivity index (χ1v) is 6.29. The topological polar surface area (TPSA) is 66.4 Å². The predicted octanol–water partition coefficient (Wildman–Crippen LogP) is 2.63. The van der Waals surface area contributed by atoms with E-state index in [1.165, 1.54) is 0 Å². The molecule has 2 rings (SSSR count). The second kappa shape index (κ2) is 6.52. The third-order valence-corrected chi connectivity index (χ3v) is 2.92. The van der Waals surface area contributed by atoms with Crippen LogP contribution >= 0.6 is 0 Å². The number of carboxylic acid groups (broad SMARTS) is 1. The molecule has 0 saturated heterocycles. The van der Waals surface area contributed by atoms with E-state index in [9.17, 15) is 9.59 Å². The van der Waals surface area contributed by atoms with Crippen LogP contribution in [0.2, 0.25) is 0 Å². The van der Waals surface area contributed by atoms with Gasteiger partial charge in [0, 0.05) is 5.56 Å². The molecule has 0 heterocycles. The Hall–Kier alpha value is -2.62. The van der Waals surface area contributed by atoms with Crippen LogP contribution in [0.5, 0.6) is 0 Å². The quantitative estimate of drug-likeness (QED) is 0.876. The summed E-state index contributed by atoms with van der Waals surface area (Å²) in [5, 5.41) is 11.7. The molecule has 0 radical (unpaired) electrons. The van der Waals surface area contributed by atoms with Crippen LogP contribution < -0.4 is 5.32 Å². The highest BCUT2D eigenvalue weighted by molar-refractivity contribution is 5.94. The molecular weight excluding hydrogens is 254 g/mol. The Morgan fingerprint density at radius 1 is 0.950 bits per heavy atom. The Bertz CT molecular complexity index is 581. The molecule has 0 bridgehead atoms. The Kier molecular flexibility index (Phi) is 4.50. The van der Waals surface area contributed by atoms with Gasteiger partial charge in [0.05, 0.1) is 12.5 Å². The minimum absolute atomic E-state index is 0.150. The number of benzene rings is 2. The largest absolute Gasteiger partial charge is 0.481 e. The summed E-state index contributed by atoms with van der Waals surface area (Å²) in [5.41, 5.74) is 1.29. The lowest BCUT2D eigenvalue weighted by molar-refractivity contribution is -0.137. The summed E-state index contributed by atoms with van der Waals surface area (Å²) in [6.45, 7) is 0. The Morgan fingerprint density at radius 2 is 1.50 bits per heavy atom. The van der Waals surface area contributed by atoms with Crippen molar-refractivity contribution in [1.29, 1.82) is 0 Å². The minimum atomic E-state index is -0.952. The van der Waals surface area contributed by atoms with Crippen LogP contribution in [0.3, 0.4) is 0 Å². The van der Waals surface area contributed by atoms with Gasteiger partial charge < -0.3 is 10.4 Å². The molecule has 1 atom stereocenters. The van der Waals surface area contributed by atoms with E-state index in [0.717, 1.165) is 5.56 Å². The second-order valence-corrected chi connectivity index (χ2v) is 4.40. The van der Waals surface area contributed by atoms with Gasteiger partial charge in [0.1, 0.15) is 0 Å². The molecule has 0 aliphatic heterocycles. The first kappa shape index (κ1) is 13.8. The number of carbonyl (C=O) groups is 2. The maximum Gasteiger partial charge on any atom is 0.305 e. The van der Waals surface area contributed by atoms with Gasteiger partial charge in [-0.2, -0.15) is 0 Å². The van der Waals surface area contributed by atoms with E-state index >= 15 is 0 Å². The molecule has 1 amide bonds. The highest BCUT2D eigenvalue weighted by Crippen LogP contribution is 2.17. The summed E-state index contributed by atoms with van der Waals surface area (Å²) in [6, 6.07) is 17.3. The van der Waals surface area contributed by atoms with E-state index in [1.54, 1.807) is 36.4 Å². The van der Waals surface area contributed by atoms with E-state index in [-0.39, 0.29) is 12.3 Å². The van der Waals surface area contributed by atoms with E-state index in [1.807, 2.05) is 24.3 Å². The molecule has 4 nitrogen and oxygen atoms in total. The number of amides is 1. The molecule has 102 valence electrons. The van der Waals surface area contributed by atoms with E-state index in [4.69, 9.17) is 5.11 Å². The number of carbonyl (C=O) groups excluding carboxylic acids is 1. The summed E-state index contributed by atoms with van der Waals surface area (Å²) in [5.74, 6) is -1.23. The molecule has 2 aromatic carbocycles. The molecular formula is C16H15NO3. The number of rotatable bonds is 5. The zero-order chi connectivity index (χ0) is 14.4. The second-order valence-electron chi connectivity index (χ2n) is 4.40. The number of carboxylic acids is 1. The zero-order valence-electron chi connectivity index (χ0n) is 10.8. The third-order valence-electron chi connectivity index (χ3n) is 2.92. The van der Waals surface area contributed by atoms with Crippen molar-refractivity contribution >= 4 is 11.9 Å². The number of hydrogen-bond donors (Lipinski definition) is 2. The Balaban J connectivity index is 2.16. The first-order chi connectivity index (χ1) is 9.66. The molecule has 2 N–H and O–H groups in total. The smallest absolute Gasteiger partial charge is 0.305 e. The third kappa shape index (κ3) is 3.68. The first-order valence-electron chi connectivity index (χ1n) is 6.29. The fraction of sp³-hybridized carbons (Fsp3) is 0.125. The molecule has 0 aromatic heterocycles. The molecule has 0 spiro atoms. The van der Waals surface area contributed by atoms with Gasteiger partial charge >= 0.3 is 5.97 Å². The summed E-state index contributed by atoms with van der Waals surface area (Å²) in [4.78, 5) is 23.1. The molecule has 0 aliphatic rings. The van der Waals surface area contributed by atoms with Crippen LogP contribution in [0, 0.1) is 0 Å². The van der Waals surface area contributed by atoms with Crippen LogP contribution in [0.15, 0.2) is 60.7 Å². The number of nitrogens with one attached hydrogen (secondary N) is 1. The molecule has 0 saturated carbocycles. The van der Waals surface area contributed by atoms with Gasteiger partial charge in [0.25, 0.3) is 5.91 Å². The number of hydrogen-bond acceptors (Lipinski definition) is 2. The standard InChI is InChI=1S/C16H15NO3/c18-15(19)11-14(12-7-3-1-4-8-12)17-16(20)13-9-5-2-6-10-13/h1-10,14H,11H2,(H,17,20)(H,18,19).